The predicted octanol–water partition coefficient (Wildman–Crippen LogP) is 1.83. The molecule has 0 amide bonds. The summed E-state index contributed by atoms with van der Waals surface area (Å²) in [4.78, 5) is 38.6. The van der Waals surface area contributed by atoms with E-state index in [0.717, 1.165) is 6.07 Å². The van der Waals surface area contributed by atoms with Gasteiger partial charge in [0, 0.05) is 29.7 Å². The molecule has 2 heterocycles. The van der Waals surface area contributed by atoms with Gasteiger partial charge in [0.05, 0.1) is 40.6 Å². The fourth-order valence-electron chi connectivity index (χ4n) is 3.32. The molecule has 1 aliphatic heterocycles. The van der Waals surface area contributed by atoms with Gasteiger partial charge in [0.15, 0.2) is 0 Å². The van der Waals surface area contributed by atoms with Gasteiger partial charge in [0.2, 0.25) is 0 Å². The van der Waals surface area contributed by atoms with Gasteiger partial charge in [-0.25, -0.2) is 19.0 Å². The molecule has 1 aromatic heterocycles. The van der Waals surface area contributed by atoms with Crippen LogP contribution in [0.2, 0.25) is 0 Å². The first-order valence-corrected chi connectivity index (χ1v) is 8.29. The highest BCUT2D eigenvalue weighted by molar-refractivity contribution is 5.99. The second-order valence-electron chi connectivity index (χ2n) is 6.14. The summed E-state index contributed by atoms with van der Waals surface area (Å²) >= 11 is 0. The lowest BCUT2D eigenvalue weighted by atomic mass is 9.79. The molecule has 0 spiro atoms. The molecule has 3 N–H and O–H groups in total. The van der Waals surface area contributed by atoms with Gasteiger partial charge < -0.3 is 20.1 Å². The molecule has 0 aliphatic carbocycles. The molecule has 1 aromatic carbocycles. The average Bonchev–Trinajstić information content (AvgIpc) is 3.19. The third kappa shape index (κ3) is 3.70. The van der Waals surface area contributed by atoms with E-state index in [0.29, 0.717) is 0 Å². The Morgan fingerprint density at radius 3 is 2.41 bits per heavy atom. The molecular weight excluding hydrogens is 387 g/mol. The van der Waals surface area contributed by atoms with Crippen molar-refractivity contribution < 1.29 is 29.1 Å². The normalized spacial score (nSPS) is 16.5. The van der Waals surface area contributed by atoms with E-state index in [2.05, 4.69) is 10.3 Å². The maximum absolute atomic E-state index is 13.7. The number of aliphatic carboxylic acids is 2. The highest BCUT2D eigenvalue weighted by atomic mass is 19.1. The van der Waals surface area contributed by atoms with Gasteiger partial charge in [-0.1, -0.05) is 18.2 Å². The number of hydrogen-bond donors (Lipinski definition) is 3. The number of nitro groups is 1. The third-order valence-electron chi connectivity index (χ3n) is 4.47. The molecule has 0 saturated heterocycles. The number of nitrogens with one attached hydrogen (secondary N) is 1. The molecule has 0 saturated carbocycles. The minimum absolute atomic E-state index is 0.0105. The minimum atomic E-state index is -1.58. The Hall–Kier alpha value is -4.02. The van der Waals surface area contributed by atoms with Gasteiger partial charge in [0.25, 0.3) is 5.69 Å². The van der Waals surface area contributed by atoms with Gasteiger partial charge >= 0.3 is 11.9 Å². The molecule has 0 bridgehead atoms. The van der Waals surface area contributed by atoms with E-state index in [9.17, 15) is 34.3 Å². The number of halogens is 1. The Morgan fingerprint density at radius 2 is 1.86 bits per heavy atom. The standard InChI is InChI=1S/C18H15FN4O6/c19-7-11-15(17(24)25)14(10-3-1-2-4-13(10)23(28)29)16(18(26)27)12(21-11)8-22-6-5-20-9-22/h1-6,9,14,21H,7-8H2,(H,24,25)(H,26,27). The minimum Gasteiger partial charge on any atom is -0.478 e. The van der Waals surface area contributed by atoms with E-state index in [-0.39, 0.29) is 23.5 Å². The zero-order valence-electron chi connectivity index (χ0n) is 14.8. The number of imidazole rings is 1. The largest absolute Gasteiger partial charge is 0.478 e. The maximum Gasteiger partial charge on any atom is 0.334 e. The van der Waals surface area contributed by atoms with E-state index in [1.165, 1.54) is 35.3 Å². The molecule has 1 unspecified atom stereocenters. The van der Waals surface area contributed by atoms with Crippen LogP contribution in [0.1, 0.15) is 11.5 Å². The van der Waals surface area contributed by atoms with Crippen molar-refractivity contribution in [3.63, 3.8) is 0 Å². The molecule has 0 radical (unpaired) electrons. The van der Waals surface area contributed by atoms with Crippen LogP contribution in [-0.4, -0.2) is 43.3 Å². The summed E-state index contributed by atoms with van der Waals surface area (Å²) in [5.41, 5.74) is -1.96. The average molecular weight is 402 g/mol. The van der Waals surface area contributed by atoms with Crippen molar-refractivity contribution in [2.75, 3.05) is 6.67 Å². The van der Waals surface area contributed by atoms with Gasteiger partial charge in [0.1, 0.15) is 6.67 Å². The fraction of sp³-hybridized carbons (Fsp3) is 0.167. The van der Waals surface area contributed by atoms with Crippen molar-refractivity contribution in [3.05, 3.63) is 81.2 Å². The van der Waals surface area contributed by atoms with Crippen molar-refractivity contribution >= 4 is 17.6 Å². The van der Waals surface area contributed by atoms with Gasteiger partial charge in [-0.3, -0.25) is 10.1 Å². The molecule has 0 fully saturated rings. The highest BCUT2D eigenvalue weighted by Gasteiger charge is 2.41. The monoisotopic (exact) mass is 402 g/mol. The number of nitrogens with zero attached hydrogens (tertiary/aromatic N) is 3. The summed E-state index contributed by atoms with van der Waals surface area (Å²) in [5.74, 6) is -4.60. The van der Waals surface area contributed by atoms with Crippen LogP contribution < -0.4 is 5.32 Å². The molecule has 150 valence electrons. The number of nitro benzene ring substituents is 1. The van der Waals surface area contributed by atoms with Gasteiger partial charge in [-0.15, -0.1) is 0 Å². The van der Waals surface area contributed by atoms with Crippen molar-refractivity contribution in [3.8, 4) is 0 Å². The highest BCUT2D eigenvalue weighted by Crippen LogP contribution is 2.42. The first-order chi connectivity index (χ1) is 13.8. The Kier molecular flexibility index (Phi) is 5.39. The molecule has 29 heavy (non-hydrogen) atoms. The quantitative estimate of drug-likeness (QED) is 0.469. The summed E-state index contributed by atoms with van der Waals surface area (Å²) in [5, 5.41) is 33.6. The number of carbonyl (C=O) groups is 2. The van der Waals surface area contributed by atoms with Crippen LogP contribution in [0.4, 0.5) is 10.1 Å². The van der Waals surface area contributed by atoms with Crippen molar-refractivity contribution in [2.24, 2.45) is 0 Å². The summed E-state index contributed by atoms with van der Waals surface area (Å²) in [6.07, 6.45) is 4.40. The van der Waals surface area contributed by atoms with E-state index in [1.54, 1.807) is 6.20 Å². The number of hydrogen-bond acceptors (Lipinski definition) is 6. The van der Waals surface area contributed by atoms with Crippen LogP contribution in [0.25, 0.3) is 0 Å². The summed E-state index contributed by atoms with van der Waals surface area (Å²) in [7, 11) is 0. The van der Waals surface area contributed by atoms with E-state index in [4.69, 9.17) is 0 Å². The number of aromatic nitrogens is 2. The second kappa shape index (κ2) is 7.92. The number of benzene rings is 1. The molecule has 1 aliphatic rings. The van der Waals surface area contributed by atoms with E-state index < -0.39 is 46.3 Å². The van der Waals surface area contributed by atoms with E-state index >= 15 is 0 Å². The van der Waals surface area contributed by atoms with Gasteiger partial charge in [-0.2, -0.15) is 0 Å². The number of rotatable bonds is 7. The Bertz CT molecular complexity index is 1040. The van der Waals surface area contributed by atoms with Crippen molar-refractivity contribution in [1.29, 1.82) is 0 Å². The molecule has 1 atom stereocenters. The number of allylic oxidation sites excluding steroid dienone is 2. The number of dihydropyridines is 1. The number of carboxylic acids is 2. The van der Waals surface area contributed by atoms with E-state index in [1.807, 2.05) is 0 Å². The van der Waals surface area contributed by atoms with Crippen LogP contribution >= 0.6 is 0 Å². The number of alkyl halides is 1. The smallest absolute Gasteiger partial charge is 0.334 e. The van der Waals surface area contributed by atoms with Crippen LogP contribution in [0.5, 0.6) is 0 Å². The fourth-order valence-corrected chi connectivity index (χ4v) is 3.32. The maximum atomic E-state index is 13.7. The Morgan fingerprint density at radius 1 is 1.21 bits per heavy atom. The van der Waals surface area contributed by atoms with Crippen LogP contribution in [0, 0.1) is 10.1 Å². The predicted molar refractivity (Wildman–Crippen MR) is 96.5 cm³/mol. The summed E-state index contributed by atoms with van der Waals surface area (Å²) in [6.45, 7) is -1.30. The molecule has 10 nitrogen and oxygen atoms in total. The van der Waals surface area contributed by atoms with Gasteiger partial charge in [-0.05, 0) is 0 Å². The number of carboxylic acid groups (broad SMARTS) is 2. The lowest BCUT2D eigenvalue weighted by Gasteiger charge is -2.30. The topological polar surface area (TPSA) is 148 Å². The van der Waals surface area contributed by atoms with Crippen molar-refractivity contribution in [2.45, 2.75) is 12.5 Å². The first kappa shape index (κ1) is 19.7. The lowest BCUT2D eigenvalue weighted by Crippen LogP contribution is -2.35. The second-order valence-corrected chi connectivity index (χ2v) is 6.14. The zero-order valence-corrected chi connectivity index (χ0v) is 14.8. The van der Waals surface area contributed by atoms with Crippen molar-refractivity contribution in [1.82, 2.24) is 14.9 Å². The third-order valence-corrected chi connectivity index (χ3v) is 4.47. The molecular formula is C18H15FN4O6. The number of para-hydroxylation sites is 1. The van der Waals surface area contributed by atoms with Crippen LogP contribution in [0.3, 0.4) is 0 Å². The molecule has 2 aromatic rings. The summed E-state index contributed by atoms with van der Waals surface area (Å²) < 4.78 is 15.2. The Balaban J connectivity index is 2.30. The summed E-state index contributed by atoms with van der Waals surface area (Å²) in [6, 6.07) is 5.21. The Labute approximate surface area is 162 Å². The molecule has 11 heteroatoms. The SMILES string of the molecule is O=C(O)C1=C(CF)NC(Cn2ccnc2)=C(C(=O)O)C1c1ccccc1[N+](=O)[O-]. The first-order valence-electron chi connectivity index (χ1n) is 8.29. The van der Waals surface area contributed by atoms with Crippen LogP contribution in [-0.2, 0) is 16.1 Å². The lowest BCUT2D eigenvalue weighted by molar-refractivity contribution is -0.385. The zero-order chi connectivity index (χ0) is 21.1. The van der Waals surface area contributed by atoms with Crippen LogP contribution in [0.15, 0.2) is 65.5 Å². The molecule has 3 rings (SSSR count).